The number of carbonyl (C=O) groups is 1. The molecule has 0 saturated heterocycles. The zero-order valence-corrected chi connectivity index (χ0v) is 15.0. The number of benzene rings is 2. The van der Waals surface area contributed by atoms with E-state index in [4.69, 9.17) is 10.2 Å². The molecule has 0 bridgehead atoms. The Morgan fingerprint density at radius 1 is 0.929 bits per heavy atom. The summed E-state index contributed by atoms with van der Waals surface area (Å²) in [5, 5.41) is 11.8. The van der Waals surface area contributed by atoms with Crippen LogP contribution in [0.25, 0.3) is 11.3 Å². The highest BCUT2D eigenvalue weighted by Crippen LogP contribution is 2.26. The smallest absolute Gasteiger partial charge is 0.249 e. The second-order valence-corrected chi connectivity index (χ2v) is 6.25. The fourth-order valence-electron chi connectivity index (χ4n) is 3.01. The summed E-state index contributed by atoms with van der Waals surface area (Å²) in [4.78, 5) is 11.9. The van der Waals surface area contributed by atoms with Crippen molar-refractivity contribution in [1.29, 1.82) is 0 Å². The summed E-state index contributed by atoms with van der Waals surface area (Å²) in [7, 11) is 0. The molecule has 0 radical (unpaired) electrons. The van der Waals surface area contributed by atoms with Crippen molar-refractivity contribution in [2.24, 2.45) is 5.73 Å². The first-order valence-corrected chi connectivity index (χ1v) is 8.81. The topological polar surface area (TPSA) is 94.0 Å². The summed E-state index contributed by atoms with van der Waals surface area (Å²) in [5.41, 5.74) is 9.27. The van der Waals surface area contributed by atoms with Crippen molar-refractivity contribution in [2.45, 2.75) is 6.42 Å². The lowest BCUT2D eigenvalue weighted by Crippen LogP contribution is -2.15. The van der Waals surface area contributed by atoms with Crippen molar-refractivity contribution < 1.29 is 9.21 Å². The Kier molecular flexibility index (Phi) is 4.84. The van der Waals surface area contributed by atoms with Crippen molar-refractivity contribution in [3.8, 4) is 11.3 Å². The number of nitrogens with one attached hydrogen (secondary N) is 1. The van der Waals surface area contributed by atoms with Crippen molar-refractivity contribution in [2.75, 3.05) is 5.32 Å². The average Bonchev–Trinajstić information content (AvgIpc) is 3.23. The number of hydrogen-bond donors (Lipinski definition) is 2. The molecule has 1 amide bonds. The molecule has 0 aliphatic rings. The number of aromatic nitrogens is 2. The van der Waals surface area contributed by atoms with Crippen LogP contribution in [0.15, 0.2) is 83.5 Å². The minimum absolute atomic E-state index is 0.434. The van der Waals surface area contributed by atoms with E-state index in [1.54, 1.807) is 18.4 Å². The Morgan fingerprint density at radius 2 is 1.79 bits per heavy atom. The summed E-state index contributed by atoms with van der Waals surface area (Å²) in [5.74, 6) is 0.819. The van der Waals surface area contributed by atoms with E-state index in [1.807, 2.05) is 60.7 Å². The van der Waals surface area contributed by atoms with Crippen LogP contribution in [0.4, 0.5) is 11.5 Å². The molecule has 4 rings (SSSR count). The van der Waals surface area contributed by atoms with Crippen molar-refractivity contribution in [1.82, 2.24) is 10.2 Å². The van der Waals surface area contributed by atoms with E-state index in [1.165, 1.54) is 0 Å². The highest BCUT2D eigenvalue weighted by atomic mass is 16.3. The lowest BCUT2D eigenvalue weighted by Gasteiger charge is -2.14. The standard InChI is InChI=1S/C22H18N4O2/c23-22(27)17-9-4-10-20(18(17)14-16-8-5-13-28-16)24-21-12-11-19(25-26-21)15-6-2-1-3-7-15/h1-13H,14H2,(H2,23,27)(H,24,26). The SMILES string of the molecule is NC(=O)c1cccc(Nc2ccc(-c3ccccc3)nn2)c1Cc1ccco1. The van der Waals surface area contributed by atoms with E-state index in [0.717, 1.165) is 28.3 Å². The number of hydrogen-bond acceptors (Lipinski definition) is 5. The highest BCUT2D eigenvalue weighted by molar-refractivity contribution is 5.96. The fraction of sp³-hybridized carbons (Fsp3) is 0.0455. The van der Waals surface area contributed by atoms with E-state index in [0.29, 0.717) is 17.8 Å². The van der Waals surface area contributed by atoms with Crippen molar-refractivity contribution >= 4 is 17.4 Å². The van der Waals surface area contributed by atoms with Gasteiger partial charge in [0.15, 0.2) is 5.82 Å². The molecule has 2 aromatic carbocycles. The third-order valence-electron chi connectivity index (χ3n) is 4.37. The molecule has 4 aromatic rings. The van der Waals surface area contributed by atoms with E-state index in [2.05, 4.69) is 15.5 Å². The van der Waals surface area contributed by atoms with Crippen LogP contribution in [-0.4, -0.2) is 16.1 Å². The van der Waals surface area contributed by atoms with Gasteiger partial charge >= 0.3 is 0 Å². The average molecular weight is 370 g/mol. The predicted molar refractivity (Wildman–Crippen MR) is 107 cm³/mol. The number of anilines is 2. The number of nitrogens with zero attached hydrogens (tertiary/aromatic N) is 2. The molecule has 0 unspecified atom stereocenters. The maximum absolute atomic E-state index is 11.9. The van der Waals surface area contributed by atoms with Crippen LogP contribution in [0.5, 0.6) is 0 Å². The molecule has 138 valence electrons. The molecule has 0 saturated carbocycles. The third-order valence-corrected chi connectivity index (χ3v) is 4.37. The molecule has 0 atom stereocenters. The monoisotopic (exact) mass is 370 g/mol. The summed E-state index contributed by atoms with van der Waals surface area (Å²) >= 11 is 0. The lowest BCUT2D eigenvalue weighted by molar-refractivity contribution is 0.0999. The first kappa shape index (κ1) is 17.5. The quantitative estimate of drug-likeness (QED) is 0.531. The maximum atomic E-state index is 11.9. The van der Waals surface area contributed by atoms with Gasteiger partial charge in [0.25, 0.3) is 0 Å². The fourth-order valence-corrected chi connectivity index (χ4v) is 3.01. The molecule has 3 N–H and O–H groups in total. The van der Waals surface area contributed by atoms with Gasteiger partial charge < -0.3 is 15.5 Å². The van der Waals surface area contributed by atoms with Gasteiger partial charge in [-0.1, -0.05) is 36.4 Å². The van der Waals surface area contributed by atoms with E-state index < -0.39 is 5.91 Å². The predicted octanol–water partition coefficient (Wildman–Crippen LogP) is 4.17. The van der Waals surface area contributed by atoms with Gasteiger partial charge in [-0.25, -0.2) is 0 Å². The number of rotatable bonds is 6. The molecule has 6 nitrogen and oxygen atoms in total. The molecule has 0 spiro atoms. The lowest BCUT2D eigenvalue weighted by atomic mass is 10.0. The Balaban J connectivity index is 1.64. The normalized spacial score (nSPS) is 10.6. The zero-order valence-electron chi connectivity index (χ0n) is 15.0. The molecule has 2 aromatic heterocycles. The number of furan rings is 1. The number of nitrogens with two attached hydrogens (primary N) is 1. The first-order valence-electron chi connectivity index (χ1n) is 8.81. The summed E-state index contributed by atoms with van der Waals surface area (Å²) in [6, 6.07) is 22.6. The van der Waals surface area contributed by atoms with Gasteiger partial charge in [0.1, 0.15) is 5.76 Å². The van der Waals surface area contributed by atoms with Crippen molar-refractivity contribution in [3.63, 3.8) is 0 Å². The van der Waals surface area contributed by atoms with Gasteiger partial charge in [-0.2, -0.15) is 0 Å². The van der Waals surface area contributed by atoms with Crippen LogP contribution < -0.4 is 11.1 Å². The minimum Gasteiger partial charge on any atom is -0.469 e. The van der Waals surface area contributed by atoms with Crippen LogP contribution in [0.1, 0.15) is 21.7 Å². The Hall–Kier alpha value is -3.93. The van der Waals surface area contributed by atoms with E-state index >= 15 is 0 Å². The molecule has 0 fully saturated rings. The zero-order chi connectivity index (χ0) is 19.3. The Bertz CT molecular complexity index is 1080. The van der Waals surface area contributed by atoms with Gasteiger partial charge in [0.05, 0.1) is 12.0 Å². The summed E-state index contributed by atoms with van der Waals surface area (Å²) in [6.07, 6.45) is 2.03. The van der Waals surface area contributed by atoms with Crippen LogP contribution in [0.2, 0.25) is 0 Å². The minimum atomic E-state index is -0.490. The largest absolute Gasteiger partial charge is 0.469 e. The van der Waals surface area contributed by atoms with Gasteiger partial charge in [-0.15, -0.1) is 10.2 Å². The van der Waals surface area contributed by atoms with E-state index in [-0.39, 0.29) is 0 Å². The number of amides is 1. The second-order valence-electron chi connectivity index (χ2n) is 6.25. The van der Waals surface area contributed by atoms with Gasteiger partial charge in [0.2, 0.25) is 5.91 Å². The highest BCUT2D eigenvalue weighted by Gasteiger charge is 2.15. The van der Waals surface area contributed by atoms with Crippen LogP contribution in [0.3, 0.4) is 0 Å². The van der Waals surface area contributed by atoms with Crippen molar-refractivity contribution in [3.05, 3.63) is 95.9 Å². The molecule has 6 heteroatoms. The number of carbonyl (C=O) groups excluding carboxylic acids is 1. The van der Waals surface area contributed by atoms with Crippen LogP contribution in [0, 0.1) is 0 Å². The molecule has 0 aliphatic carbocycles. The maximum Gasteiger partial charge on any atom is 0.249 e. The Labute approximate surface area is 162 Å². The molecule has 2 heterocycles. The van der Waals surface area contributed by atoms with Gasteiger partial charge in [-0.05, 0) is 42.0 Å². The summed E-state index contributed by atoms with van der Waals surface area (Å²) in [6.45, 7) is 0. The second kappa shape index (κ2) is 7.75. The molecule has 28 heavy (non-hydrogen) atoms. The Morgan fingerprint density at radius 3 is 2.46 bits per heavy atom. The van der Waals surface area contributed by atoms with Crippen LogP contribution >= 0.6 is 0 Å². The molecule has 0 aliphatic heterocycles. The summed E-state index contributed by atoms with van der Waals surface area (Å²) < 4.78 is 5.43. The first-order chi connectivity index (χ1) is 13.7. The van der Waals surface area contributed by atoms with Gasteiger partial charge in [0, 0.05) is 23.2 Å². The molecular weight excluding hydrogens is 352 g/mol. The molecular formula is C22H18N4O2. The number of primary amides is 1. The van der Waals surface area contributed by atoms with Gasteiger partial charge in [-0.3, -0.25) is 4.79 Å². The van der Waals surface area contributed by atoms with E-state index in [9.17, 15) is 4.79 Å². The third kappa shape index (κ3) is 3.76. The van der Waals surface area contributed by atoms with Crippen LogP contribution in [-0.2, 0) is 6.42 Å².